The lowest BCUT2D eigenvalue weighted by atomic mass is 10.0. The molecule has 2 saturated heterocycles. The van der Waals surface area contributed by atoms with Crippen molar-refractivity contribution < 1.29 is 27.5 Å². The van der Waals surface area contributed by atoms with Crippen molar-refractivity contribution in [2.75, 3.05) is 57.0 Å². The predicted octanol–water partition coefficient (Wildman–Crippen LogP) is 5.48. The number of thioether (sulfide) groups is 1. The van der Waals surface area contributed by atoms with Crippen molar-refractivity contribution in [1.82, 2.24) is 19.5 Å². The molecule has 8 bridgehead atoms. The second-order valence-corrected chi connectivity index (χ2v) is 12.6. The van der Waals surface area contributed by atoms with Gasteiger partial charge >= 0.3 is 11.5 Å². The summed E-state index contributed by atoms with van der Waals surface area (Å²) < 4.78 is 48.2. The number of carbonyl (C=O) groups excluding carboxylic acids is 2. The topological polar surface area (TPSA) is 90.3 Å². The van der Waals surface area contributed by atoms with E-state index in [-0.39, 0.29) is 46.7 Å². The first-order chi connectivity index (χ1) is 21.7. The molecule has 45 heavy (non-hydrogen) atoms. The van der Waals surface area contributed by atoms with Crippen molar-refractivity contribution in [2.24, 2.45) is 5.92 Å². The Labute approximate surface area is 263 Å². The zero-order valence-corrected chi connectivity index (χ0v) is 25.7. The third kappa shape index (κ3) is 7.06. The predicted molar refractivity (Wildman–Crippen MR) is 168 cm³/mol. The summed E-state index contributed by atoms with van der Waals surface area (Å²) >= 11 is -0.173. The number of nitrogens with zero attached hydrogens (tertiary/aromatic N) is 3. The van der Waals surface area contributed by atoms with Crippen molar-refractivity contribution >= 4 is 40.7 Å². The number of aromatic nitrogens is 1. The summed E-state index contributed by atoms with van der Waals surface area (Å²) in [6.45, 7) is 3.20. The number of nitrogens with one attached hydrogen (secondary N) is 3. The Bertz CT molecular complexity index is 1640. The number of methoxy groups -OCH3 is 1. The number of halogens is 3. The molecule has 1 atom stereocenters. The van der Waals surface area contributed by atoms with Crippen molar-refractivity contribution in [3.63, 3.8) is 0 Å². The van der Waals surface area contributed by atoms with Crippen LogP contribution in [0.2, 0.25) is 0 Å². The van der Waals surface area contributed by atoms with Gasteiger partial charge in [0.15, 0.2) is 0 Å². The van der Waals surface area contributed by atoms with Crippen LogP contribution in [0, 0.1) is 17.8 Å². The Balaban J connectivity index is 1.31. The molecule has 6 aliphatic rings. The molecule has 2 fully saturated rings. The molecule has 0 spiro atoms. The van der Waals surface area contributed by atoms with Crippen LogP contribution in [0.3, 0.4) is 0 Å². The number of rotatable bonds is 2. The van der Waals surface area contributed by atoms with Crippen LogP contribution in [-0.2, 0) is 0 Å². The van der Waals surface area contributed by atoms with Gasteiger partial charge in [0, 0.05) is 50.5 Å². The smallest absolute Gasteiger partial charge is 0.446 e. The number of amides is 3. The fraction of sp³-hybridized carbons (Fsp3) is 0.438. The van der Waals surface area contributed by atoms with Gasteiger partial charge in [0.05, 0.1) is 35.3 Å². The Morgan fingerprint density at radius 1 is 1.00 bits per heavy atom. The lowest BCUT2D eigenvalue weighted by molar-refractivity contribution is -0.0327. The maximum atomic E-state index is 13.6. The average Bonchev–Trinajstić information content (AvgIpc) is 3.63. The first kappa shape index (κ1) is 30.8. The highest BCUT2D eigenvalue weighted by molar-refractivity contribution is 8.00. The average molecular weight is 641 g/mol. The van der Waals surface area contributed by atoms with Gasteiger partial charge in [-0.25, -0.2) is 4.79 Å². The molecular formula is C32H35F3N6O3S. The van der Waals surface area contributed by atoms with E-state index in [2.05, 4.69) is 27.8 Å². The van der Waals surface area contributed by atoms with Gasteiger partial charge < -0.3 is 34.9 Å². The summed E-state index contributed by atoms with van der Waals surface area (Å²) in [5, 5.41) is 9.63. The van der Waals surface area contributed by atoms with E-state index < -0.39 is 5.51 Å². The first-order valence-electron chi connectivity index (χ1n) is 15.1. The Morgan fingerprint density at radius 2 is 1.80 bits per heavy atom. The molecule has 6 aliphatic heterocycles. The van der Waals surface area contributed by atoms with Crippen LogP contribution in [0.4, 0.5) is 29.5 Å². The van der Waals surface area contributed by atoms with E-state index in [1.165, 1.54) is 7.11 Å². The molecular weight excluding hydrogens is 605 g/mol. The fourth-order valence-corrected chi connectivity index (χ4v) is 6.93. The third-order valence-electron chi connectivity index (χ3n) is 8.55. The van der Waals surface area contributed by atoms with Crippen LogP contribution in [-0.4, -0.2) is 84.1 Å². The minimum absolute atomic E-state index is 0.0378. The maximum Gasteiger partial charge on any atom is 0.446 e. The minimum atomic E-state index is -4.49. The molecule has 238 valence electrons. The van der Waals surface area contributed by atoms with Crippen molar-refractivity contribution in [3.05, 3.63) is 53.7 Å². The SMILES string of the molecule is COc1cc2ccc1NCC#Cc1cn3c(cccc3c1SC(F)(F)F)NC1CCN(CC1)C(=O)N1CCC(CCNC2=O)C1. The van der Waals surface area contributed by atoms with Crippen LogP contribution in [0.25, 0.3) is 5.52 Å². The summed E-state index contributed by atoms with van der Waals surface area (Å²) in [6.07, 6.45) is 4.76. The monoisotopic (exact) mass is 640 g/mol. The quantitative estimate of drug-likeness (QED) is 0.254. The molecule has 9 nitrogen and oxygen atoms in total. The van der Waals surface area contributed by atoms with Gasteiger partial charge in [0.1, 0.15) is 11.6 Å². The molecule has 9 rings (SSSR count). The largest absolute Gasteiger partial charge is 0.495 e. The van der Waals surface area contributed by atoms with Crippen molar-refractivity contribution in [3.8, 4) is 17.6 Å². The van der Waals surface area contributed by atoms with Crippen molar-refractivity contribution in [2.45, 2.75) is 42.1 Å². The molecule has 1 aromatic carbocycles. The van der Waals surface area contributed by atoms with E-state index in [0.29, 0.717) is 67.0 Å². The zero-order chi connectivity index (χ0) is 31.6. The Hall–Kier alpha value is -4.18. The van der Waals surface area contributed by atoms with Gasteiger partial charge in [0.25, 0.3) is 5.91 Å². The minimum Gasteiger partial charge on any atom is -0.495 e. The molecule has 13 heteroatoms. The van der Waals surface area contributed by atoms with Crippen LogP contribution in [0.5, 0.6) is 5.75 Å². The highest BCUT2D eigenvalue weighted by atomic mass is 32.2. The standard InChI is InChI=1S/C32H35F3N6O3S/c1-44-27-18-22-7-8-25(27)36-13-3-4-23-20-41-26(29(23)45-32(33,34)35)5-2-6-28(41)38-24-11-16-39(17-12-24)31(43)40-15-10-21(19-40)9-14-37-30(22)42/h2,5-8,18,20-21,24,36,38H,9-17,19H2,1H3,(H,37,42). The number of hydrogen-bond acceptors (Lipinski definition) is 6. The first-order valence-corrected chi connectivity index (χ1v) is 15.9. The van der Waals surface area contributed by atoms with Crippen LogP contribution < -0.4 is 20.7 Å². The van der Waals surface area contributed by atoms with Crippen LogP contribution >= 0.6 is 11.8 Å². The summed E-state index contributed by atoms with van der Waals surface area (Å²) in [5.41, 5.74) is -2.76. The summed E-state index contributed by atoms with van der Waals surface area (Å²) in [5.74, 6) is 7.09. The summed E-state index contributed by atoms with van der Waals surface area (Å²) in [7, 11) is 1.50. The van der Waals surface area contributed by atoms with Crippen LogP contribution in [0.15, 0.2) is 47.5 Å². The molecule has 3 N–H and O–H groups in total. The van der Waals surface area contributed by atoms with Gasteiger partial charge in [-0.3, -0.25) is 4.79 Å². The number of benzene rings is 1. The number of ether oxygens (including phenoxy) is 1. The molecule has 0 radical (unpaired) electrons. The highest BCUT2D eigenvalue weighted by Gasteiger charge is 2.33. The summed E-state index contributed by atoms with van der Waals surface area (Å²) in [4.78, 5) is 30.0. The number of hydrogen-bond donors (Lipinski definition) is 3. The molecule has 0 aliphatic carbocycles. The number of urea groups is 1. The third-order valence-corrected chi connectivity index (χ3v) is 9.41. The lowest BCUT2D eigenvalue weighted by Gasteiger charge is -2.35. The van der Waals surface area contributed by atoms with Gasteiger partial charge in [-0.15, -0.1) is 0 Å². The number of pyridine rings is 1. The van der Waals surface area contributed by atoms with E-state index in [1.807, 2.05) is 15.9 Å². The Morgan fingerprint density at radius 3 is 2.58 bits per heavy atom. The van der Waals surface area contributed by atoms with Gasteiger partial charge in [0.2, 0.25) is 0 Å². The molecule has 3 aromatic rings. The number of alkyl halides is 3. The fourth-order valence-electron chi connectivity index (χ4n) is 6.22. The van der Waals surface area contributed by atoms with E-state index >= 15 is 0 Å². The van der Waals surface area contributed by atoms with E-state index in [0.717, 1.165) is 25.7 Å². The number of anilines is 2. The van der Waals surface area contributed by atoms with Gasteiger partial charge in [-0.1, -0.05) is 17.9 Å². The van der Waals surface area contributed by atoms with E-state index in [4.69, 9.17) is 4.74 Å². The van der Waals surface area contributed by atoms with Crippen molar-refractivity contribution in [1.29, 1.82) is 0 Å². The second-order valence-electron chi connectivity index (χ2n) is 11.5. The van der Waals surface area contributed by atoms with E-state index in [9.17, 15) is 22.8 Å². The molecule has 1 unspecified atom stereocenters. The van der Waals surface area contributed by atoms with Gasteiger partial charge in [-0.05, 0) is 73.7 Å². The number of carbonyl (C=O) groups is 2. The van der Waals surface area contributed by atoms with Gasteiger partial charge in [-0.2, -0.15) is 13.2 Å². The van der Waals surface area contributed by atoms with Crippen LogP contribution in [0.1, 0.15) is 41.6 Å². The molecule has 0 saturated carbocycles. The Kier molecular flexibility index (Phi) is 8.94. The number of piperidine rings is 1. The highest BCUT2D eigenvalue weighted by Crippen LogP contribution is 2.42. The molecule has 3 amide bonds. The normalized spacial score (nSPS) is 21.1. The second kappa shape index (κ2) is 13.0. The lowest BCUT2D eigenvalue weighted by Crippen LogP contribution is -2.48. The summed E-state index contributed by atoms with van der Waals surface area (Å²) in [6, 6.07) is 10.4. The zero-order valence-electron chi connectivity index (χ0n) is 24.9. The maximum absolute atomic E-state index is 13.6. The van der Waals surface area contributed by atoms with E-state index in [1.54, 1.807) is 40.9 Å². The molecule has 2 aromatic heterocycles. The molecule has 8 heterocycles.